The third-order valence-corrected chi connectivity index (χ3v) is 17.1. The summed E-state index contributed by atoms with van der Waals surface area (Å²) in [6.45, 7) is -7.04. The second-order valence-electron chi connectivity index (χ2n) is 12.3. The summed E-state index contributed by atoms with van der Waals surface area (Å²) in [6.07, 6.45) is 6.12. The molecular weight excluding hydrogens is 1200 g/mol. The molecule has 2 saturated heterocycles. The minimum atomic E-state index is -5.58. The highest BCUT2D eigenvalue weighted by Gasteiger charge is 2.58. The Morgan fingerprint density at radius 1 is 0.870 bits per heavy atom. The summed E-state index contributed by atoms with van der Waals surface area (Å²) in [7, 11) is -5.87. The normalized spacial score (nSPS) is 26.1. The van der Waals surface area contributed by atoms with Crippen LogP contribution in [0.25, 0.3) is 0 Å². The maximum absolute atomic E-state index is 14.7. The van der Waals surface area contributed by atoms with Crippen LogP contribution >= 0.6 is 89.9 Å². The van der Waals surface area contributed by atoms with Crippen molar-refractivity contribution in [2.75, 3.05) is 13.2 Å². The molecule has 0 aromatic carbocycles. The number of rotatable bonds is 12. The van der Waals surface area contributed by atoms with Gasteiger partial charge in [-0.3, -0.25) is 19.4 Å². The predicted molar refractivity (Wildman–Crippen MR) is 253 cm³/mol. The molecule has 2 aliphatic rings. The van der Waals surface area contributed by atoms with E-state index in [1.165, 1.54) is 50.6 Å². The smallest absolute Gasteiger partial charge is 0.394 e. The van der Waals surface area contributed by atoms with E-state index in [4.69, 9.17) is 106 Å². The van der Waals surface area contributed by atoms with Crippen LogP contribution in [0.1, 0.15) is 20.6 Å². The van der Waals surface area contributed by atoms with E-state index >= 15 is 0 Å². The number of aromatic amines is 2. The van der Waals surface area contributed by atoms with Gasteiger partial charge in [0.15, 0.2) is 6.23 Å². The van der Waals surface area contributed by atoms with Gasteiger partial charge in [0.2, 0.25) is 9.22 Å². The number of nitrogens with one attached hydrogen (secondary N) is 2. The summed E-state index contributed by atoms with van der Waals surface area (Å²) in [5.41, 5.74) is -1.94. The fourth-order valence-corrected chi connectivity index (χ4v) is 11.7. The lowest BCUT2D eigenvalue weighted by Gasteiger charge is -2.22. The van der Waals surface area contributed by atoms with Gasteiger partial charge in [-0.1, -0.05) is 71.3 Å². The third-order valence-electron chi connectivity index (χ3n) is 7.70. The van der Waals surface area contributed by atoms with Crippen LogP contribution in [0.15, 0.2) is 72.5 Å². The van der Waals surface area contributed by atoms with Crippen molar-refractivity contribution in [2.24, 2.45) is 5.92 Å². The van der Waals surface area contributed by atoms with Crippen LogP contribution in [0.3, 0.4) is 0 Å². The van der Waals surface area contributed by atoms with E-state index in [1.54, 1.807) is 20.3 Å². The Labute approximate surface area is 427 Å². The first kappa shape index (κ1) is 63.7. The van der Waals surface area contributed by atoms with Crippen LogP contribution in [0.2, 0.25) is 0 Å². The van der Waals surface area contributed by atoms with Crippen molar-refractivity contribution in [1.29, 1.82) is 0 Å². The van der Waals surface area contributed by atoms with Crippen LogP contribution in [0, 0.1) is 5.92 Å². The van der Waals surface area contributed by atoms with Crippen LogP contribution in [0.5, 0.6) is 0 Å². The van der Waals surface area contributed by atoms with E-state index in [0.717, 1.165) is 12.3 Å². The number of halogens is 7. The van der Waals surface area contributed by atoms with Crippen molar-refractivity contribution in [3.05, 3.63) is 83.7 Å². The SMILES string of the molecule is C.O=c1ccn([C@@H]2O[C@H](COP(O)(=S)OP(=O)(O)OP(=O)(O)O)[C@@H](O)[C@]2(F)Cl)c(=O)[nH]1.S=P(Cl)(Cl)Cl.S=P(n1cncn1)(n1cncn1)n1cncn1.[B][C@@H]1O[C@H](CO)[C@@H](C)[C@]1(F)Cl.c1nc[nH]n1. The van der Waals surface area contributed by atoms with E-state index < -0.39 is 97.5 Å². The molecule has 5 aromatic rings. The highest BCUT2D eigenvalue weighted by atomic mass is 36.1. The number of phosphoric acid groups is 2. The number of hydrogen-bond acceptors (Lipinski definition) is 22. The molecule has 0 amide bonds. The lowest BCUT2D eigenvalue weighted by molar-refractivity contribution is -0.0491. The summed E-state index contributed by atoms with van der Waals surface area (Å²) in [4.78, 5) is 75.9. The van der Waals surface area contributed by atoms with E-state index in [2.05, 4.69) is 82.2 Å². The fourth-order valence-electron chi connectivity index (χ4n) is 4.75. The minimum Gasteiger partial charge on any atom is -0.394 e. The van der Waals surface area contributed by atoms with Crippen LogP contribution in [-0.4, -0.2) is 154 Å². The average molecular weight is 1240 g/mol. The van der Waals surface area contributed by atoms with Crippen LogP contribution < -0.4 is 11.2 Å². The van der Waals surface area contributed by atoms with Gasteiger partial charge in [0.25, 0.3) is 17.2 Å². The van der Waals surface area contributed by atoms with E-state index in [-0.39, 0.29) is 14.0 Å². The number of H-pyrrole nitrogens is 2. The quantitative estimate of drug-likeness (QED) is 0.0505. The molecule has 386 valence electrons. The van der Waals surface area contributed by atoms with Crippen molar-refractivity contribution in [1.82, 2.24) is 68.3 Å². The first-order chi connectivity index (χ1) is 31.2. The van der Waals surface area contributed by atoms with Crippen molar-refractivity contribution in [2.45, 2.75) is 55.1 Å². The standard InChI is InChI=1S/C9H13ClFN2O13P3S.C6H9BClFO2.C6H6N9PS.C2H3N3.CH4.Cl3PS/c10-9(11)6(15)4(24-7(9)13-2-1-5(14)12-8(13)16)3-23-29(22,30)26-28(20,21)25-27(17,18)19;1-3-4(2-10)11-5(7)6(3,8)9;17-16(13-4-7-1-10-13,14-5-8-2-11-14)15-6-9-3-12-15;1-3-2-5-4-1;;1-4(2,3)5/h1-2,4,6-7,15H,3H2,(H,20,21)(H,22,30)(H,12,14,16)(H2,17,18,19);3-5,10H,2H2,1H3;1-6H;1-2H,(H,3,4,5);1H4;/t4-,6-,7-,9-,29?;3-,4-,5-,6-;;;;/m11..../s1. The zero-order valence-corrected chi connectivity index (χ0v) is 43.8. The molecule has 2 radical (unpaired) electrons. The van der Waals surface area contributed by atoms with Crippen LogP contribution in [-0.2, 0) is 67.2 Å². The number of nitrogens with zero attached hydrogens (tertiary/aromatic N) is 12. The average Bonchev–Trinajstić information content (AvgIpc) is 4.07. The zero-order chi connectivity index (χ0) is 51.5. The van der Waals surface area contributed by atoms with Crippen molar-refractivity contribution >= 4 is 133 Å². The molecule has 0 spiro atoms. The van der Waals surface area contributed by atoms with Gasteiger partial charge in [0.05, 0.1) is 25.3 Å². The Morgan fingerprint density at radius 2 is 1.38 bits per heavy atom. The molecule has 5 aromatic heterocycles. The van der Waals surface area contributed by atoms with Gasteiger partial charge in [-0.2, -0.15) is 38.1 Å². The van der Waals surface area contributed by atoms with Gasteiger partial charge < -0.3 is 43.8 Å². The molecule has 0 saturated carbocycles. The molecule has 7 rings (SSSR count). The van der Waals surface area contributed by atoms with Crippen molar-refractivity contribution in [3.8, 4) is 0 Å². The van der Waals surface area contributed by atoms with Crippen molar-refractivity contribution < 1.29 is 70.3 Å². The van der Waals surface area contributed by atoms with Gasteiger partial charge >= 0.3 is 28.1 Å². The van der Waals surface area contributed by atoms with E-state index in [0.29, 0.717) is 4.57 Å². The second-order valence-corrected chi connectivity index (χ2v) is 33.4. The highest BCUT2D eigenvalue weighted by Crippen LogP contribution is 2.66. The number of aliphatic hydroxyl groups excluding tert-OH is 2. The number of hydrogen-bond donors (Lipinski definition) is 8. The molecule has 2 unspecified atom stereocenters. The fraction of sp³-hybridized carbons (Fsp3) is 0.500. The Morgan fingerprint density at radius 3 is 1.71 bits per heavy atom. The molecule has 7 heterocycles. The molecule has 0 aliphatic carbocycles. The first-order valence-electron chi connectivity index (χ1n) is 17.1. The topological polar surface area (TPSA) is 390 Å². The Kier molecular flexibility index (Phi) is 24.6. The zero-order valence-electron chi connectivity index (χ0n) is 33.1. The first-order valence-corrected chi connectivity index (χ1v) is 31.6. The summed E-state index contributed by atoms with van der Waals surface area (Å²) >= 11 is 40.2. The van der Waals surface area contributed by atoms with E-state index in [9.17, 15) is 37.5 Å². The molecule has 69 heavy (non-hydrogen) atoms. The molecule has 45 heteroatoms. The van der Waals surface area contributed by atoms with Gasteiger partial charge in [-0.15, -0.1) is 0 Å². The number of alkyl halides is 4. The second kappa shape index (κ2) is 26.7. The highest BCUT2D eigenvalue weighted by molar-refractivity contribution is 8.50. The van der Waals surface area contributed by atoms with Gasteiger partial charge in [0, 0.05) is 18.2 Å². The largest absolute Gasteiger partial charge is 0.488 e. The van der Waals surface area contributed by atoms with Gasteiger partial charge in [-0.05, 0) is 35.4 Å². The van der Waals surface area contributed by atoms with Gasteiger partial charge in [0.1, 0.15) is 70.7 Å². The molecule has 8 N–H and O–H groups in total. The minimum absolute atomic E-state index is 0. The molecule has 10 atom stereocenters. The Bertz CT molecular complexity index is 2590. The Hall–Kier alpha value is -1.42. The summed E-state index contributed by atoms with van der Waals surface area (Å²) < 4.78 is 74.7. The van der Waals surface area contributed by atoms with Crippen molar-refractivity contribution in [3.63, 3.8) is 0 Å². The Balaban J connectivity index is 0.000000348. The third kappa shape index (κ3) is 19.4. The van der Waals surface area contributed by atoms with E-state index in [1.807, 2.05) is 4.98 Å². The maximum atomic E-state index is 14.7. The molecule has 2 aliphatic heterocycles. The predicted octanol–water partition coefficient (Wildman–Crippen LogP) is 2.57. The monoisotopic (exact) mass is 1230 g/mol. The maximum Gasteiger partial charge on any atom is 0.488 e. The van der Waals surface area contributed by atoms with Gasteiger partial charge in [-0.25, -0.2) is 47.0 Å². The lowest BCUT2D eigenvalue weighted by atomic mass is 9.89. The summed E-state index contributed by atoms with van der Waals surface area (Å²) in [5, 5.41) is 31.7. The summed E-state index contributed by atoms with van der Waals surface area (Å²) in [6, 6.07) is -0.300. The molecule has 29 nitrogen and oxygen atoms in total. The van der Waals surface area contributed by atoms with Crippen LogP contribution in [0.4, 0.5) is 8.78 Å². The molecular formula is C24H35BCl5F2N14O15P5S3. The summed E-state index contributed by atoms with van der Waals surface area (Å²) in [5.74, 6) is -0.579. The molecule has 0 bridgehead atoms. The molecule has 2 fully saturated rings. The number of ether oxygens (including phenoxy) is 2. The number of aliphatic hydroxyl groups is 2. The lowest BCUT2D eigenvalue weighted by Crippen LogP contribution is -2.42. The number of aromatic nitrogens is 14.